The third kappa shape index (κ3) is 1.56. The van der Waals surface area contributed by atoms with Gasteiger partial charge >= 0.3 is 0 Å². The van der Waals surface area contributed by atoms with Crippen molar-refractivity contribution in [3.05, 3.63) is 29.6 Å². The summed E-state index contributed by atoms with van der Waals surface area (Å²) in [5, 5.41) is -0.716. The van der Waals surface area contributed by atoms with Crippen LogP contribution in [-0.4, -0.2) is 20.0 Å². The molecule has 0 amide bonds. The fourth-order valence-electron chi connectivity index (χ4n) is 1.84. The summed E-state index contributed by atoms with van der Waals surface area (Å²) in [4.78, 5) is 10.5. The van der Waals surface area contributed by atoms with E-state index in [4.69, 9.17) is 0 Å². The summed E-state index contributed by atoms with van der Waals surface area (Å²) in [7, 11) is -3.42. The van der Waals surface area contributed by atoms with Gasteiger partial charge in [0.15, 0.2) is 9.84 Å². The van der Waals surface area contributed by atoms with E-state index in [9.17, 15) is 17.6 Å². The Morgan fingerprint density at radius 2 is 2.20 bits per heavy atom. The molecule has 0 saturated heterocycles. The van der Waals surface area contributed by atoms with E-state index in [-0.39, 0.29) is 17.7 Å². The first kappa shape index (κ1) is 10.3. The highest BCUT2D eigenvalue weighted by Crippen LogP contribution is 2.32. The first-order chi connectivity index (χ1) is 7.05. The van der Waals surface area contributed by atoms with Crippen molar-refractivity contribution in [3.63, 3.8) is 0 Å². The number of benzene rings is 1. The van der Waals surface area contributed by atoms with Crippen LogP contribution in [0.1, 0.15) is 12.0 Å². The molecule has 80 valence electrons. The zero-order valence-electron chi connectivity index (χ0n) is 7.81. The molecular formula is C10H9FO3S. The van der Waals surface area contributed by atoms with E-state index in [1.54, 1.807) is 0 Å². The van der Waals surface area contributed by atoms with Gasteiger partial charge in [-0.3, -0.25) is 0 Å². The van der Waals surface area contributed by atoms with Crippen molar-refractivity contribution in [3.8, 4) is 0 Å². The van der Waals surface area contributed by atoms with Crippen molar-refractivity contribution < 1.29 is 17.6 Å². The lowest BCUT2D eigenvalue weighted by atomic mass is 10.1. The number of hydrogen-bond donors (Lipinski definition) is 0. The Hall–Kier alpha value is -1.23. The van der Waals surface area contributed by atoms with Gasteiger partial charge in [-0.15, -0.1) is 0 Å². The van der Waals surface area contributed by atoms with Crippen LogP contribution in [0.3, 0.4) is 0 Å². The van der Waals surface area contributed by atoms with Crippen molar-refractivity contribution >= 4 is 16.1 Å². The average molecular weight is 228 g/mol. The molecule has 1 unspecified atom stereocenters. The van der Waals surface area contributed by atoms with Gasteiger partial charge in [0.2, 0.25) is 0 Å². The third-order valence-corrected chi connectivity index (χ3v) is 4.82. The molecule has 1 aromatic carbocycles. The highest BCUT2D eigenvalue weighted by Gasteiger charge is 2.36. The number of aldehydes is 1. The molecule has 0 aliphatic carbocycles. The Bertz CT molecular complexity index is 507. The molecule has 5 heteroatoms. The molecular weight excluding hydrogens is 219 g/mol. The van der Waals surface area contributed by atoms with Crippen LogP contribution in [0, 0.1) is 5.82 Å². The summed E-state index contributed by atoms with van der Waals surface area (Å²) in [6.07, 6.45) is 0.789. The molecule has 3 nitrogen and oxygen atoms in total. The smallest absolute Gasteiger partial charge is 0.182 e. The molecule has 0 fully saturated rings. The highest BCUT2D eigenvalue weighted by atomic mass is 32.2. The molecule has 1 heterocycles. The molecule has 1 aliphatic rings. The first-order valence-electron chi connectivity index (χ1n) is 4.51. The maximum atomic E-state index is 12.9. The van der Waals surface area contributed by atoms with E-state index in [0.29, 0.717) is 11.8 Å². The molecule has 0 N–H and O–H groups in total. The molecule has 0 bridgehead atoms. The van der Waals surface area contributed by atoms with Crippen LogP contribution in [0.25, 0.3) is 0 Å². The number of fused-ring (bicyclic) bond motifs is 1. The largest absolute Gasteiger partial charge is 0.303 e. The van der Waals surface area contributed by atoms with Gasteiger partial charge in [0, 0.05) is 6.42 Å². The monoisotopic (exact) mass is 228 g/mol. The zero-order chi connectivity index (χ0) is 11.1. The van der Waals surface area contributed by atoms with Crippen LogP contribution < -0.4 is 0 Å². The maximum absolute atomic E-state index is 12.9. The Kier molecular flexibility index (Phi) is 2.34. The lowest BCUT2D eigenvalue weighted by Crippen LogP contribution is -2.17. The van der Waals surface area contributed by atoms with Crippen molar-refractivity contribution in [1.82, 2.24) is 0 Å². The summed E-state index contributed by atoms with van der Waals surface area (Å²) < 4.78 is 36.5. The summed E-state index contributed by atoms with van der Waals surface area (Å²) in [5.41, 5.74) is 0.474. The van der Waals surface area contributed by atoms with Gasteiger partial charge in [-0.25, -0.2) is 12.8 Å². The van der Waals surface area contributed by atoms with Crippen LogP contribution in [0.15, 0.2) is 23.1 Å². The molecule has 0 aromatic heterocycles. The fraction of sp³-hybridized carbons (Fsp3) is 0.300. The minimum absolute atomic E-state index is 0.0291. The van der Waals surface area contributed by atoms with Crippen molar-refractivity contribution in [2.45, 2.75) is 23.0 Å². The zero-order valence-corrected chi connectivity index (χ0v) is 8.63. The van der Waals surface area contributed by atoms with Gasteiger partial charge < -0.3 is 4.79 Å². The molecule has 1 atom stereocenters. The predicted molar refractivity (Wildman–Crippen MR) is 51.8 cm³/mol. The summed E-state index contributed by atoms with van der Waals surface area (Å²) in [6.45, 7) is 0. The number of carbonyl (C=O) groups excluding carboxylic acids is 1. The Morgan fingerprint density at radius 1 is 1.47 bits per heavy atom. The van der Waals surface area contributed by atoms with Gasteiger partial charge in [0.05, 0.1) is 10.1 Å². The predicted octanol–water partition coefficient (Wildman–Crippen LogP) is 1.11. The van der Waals surface area contributed by atoms with Crippen molar-refractivity contribution in [2.75, 3.05) is 0 Å². The van der Waals surface area contributed by atoms with E-state index >= 15 is 0 Å². The quantitative estimate of drug-likeness (QED) is 0.563. The van der Waals surface area contributed by atoms with Crippen LogP contribution in [0.2, 0.25) is 0 Å². The normalized spacial score (nSPS) is 22.3. The molecule has 2 rings (SSSR count). The van der Waals surface area contributed by atoms with Crippen molar-refractivity contribution in [1.29, 1.82) is 0 Å². The summed E-state index contributed by atoms with van der Waals surface area (Å²) in [5.74, 6) is -0.448. The van der Waals surface area contributed by atoms with Gasteiger partial charge in [0.25, 0.3) is 0 Å². The Balaban J connectivity index is 2.52. The fourth-order valence-corrected chi connectivity index (χ4v) is 3.69. The summed E-state index contributed by atoms with van der Waals surface area (Å²) in [6, 6.07) is 3.61. The second-order valence-electron chi connectivity index (χ2n) is 3.53. The van der Waals surface area contributed by atoms with Crippen LogP contribution >= 0.6 is 0 Å². The number of hydrogen-bond acceptors (Lipinski definition) is 3. The first-order valence-corrected chi connectivity index (χ1v) is 6.06. The second-order valence-corrected chi connectivity index (χ2v) is 5.72. The number of carbonyl (C=O) groups is 1. The average Bonchev–Trinajstić information content (AvgIpc) is 2.39. The van der Waals surface area contributed by atoms with Gasteiger partial charge in [-0.2, -0.15) is 0 Å². The molecule has 0 spiro atoms. The standard InChI is InChI=1S/C10H9FO3S/c11-8-1-2-10-7(5-8)6-9(3-4-12)15(10,13)14/h1-2,4-5,9H,3,6H2. The SMILES string of the molecule is O=CCC1Cc2cc(F)ccc2S1(=O)=O. The molecule has 0 radical (unpaired) electrons. The molecule has 1 aromatic rings. The van der Waals surface area contributed by atoms with E-state index in [1.165, 1.54) is 12.1 Å². The molecule has 0 saturated carbocycles. The molecule has 1 aliphatic heterocycles. The number of halogens is 1. The minimum Gasteiger partial charge on any atom is -0.303 e. The lowest BCUT2D eigenvalue weighted by Gasteiger charge is -2.03. The lowest BCUT2D eigenvalue weighted by molar-refractivity contribution is -0.107. The minimum atomic E-state index is -3.42. The summed E-state index contributed by atoms with van der Waals surface area (Å²) >= 11 is 0. The van der Waals surface area contributed by atoms with E-state index < -0.39 is 20.9 Å². The van der Waals surface area contributed by atoms with E-state index in [0.717, 1.165) is 6.07 Å². The Labute approximate surface area is 86.8 Å². The topological polar surface area (TPSA) is 51.2 Å². The third-order valence-electron chi connectivity index (χ3n) is 2.57. The van der Waals surface area contributed by atoms with Crippen LogP contribution in [0.4, 0.5) is 4.39 Å². The van der Waals surface area contributed by atoms with Gasteiger partial charge in [-0.05, 0) is 30.2 Å². The van der Waals surface area contributed by atoms with E-state index in [2.05, 4.69) is 0 Å². The molecule has 15 heavy (non-hydrogen) atoms. The Morgan fingerprint density at radius 3 is 2.87 bits per heavy atom. The highest BCUT2D eigenvalue weighted by molar-refractivity contribution is 7.92. The van der Waals surface area contributed by atoms with Gasteiger partial charge in [-0.1, -0.05) is 0 Å². The van der Waals surface area contributed by atoms with Crippen LogP contribution in [0.5, 0.6) is 0 Å². The second kappa shape index (κ2) is 3.41. The maximum Gasteiger partial charge on any atom is 0.182 e. The van der Waals surface area contributed by atoms with E-state index in [1.807, 2.05) is 0 Å². The number of rotatable bonds is 2. The van der Waals surface area contributed by atoms with Gasteiger partial charge in [0.1, 0.15) is 12.1 Å². The van der Waals surface area contributed by atoms with Crippen molar-refractivity contribution in [2.24, 2.45) is 0 Å². The number of sulfone groups is 1. The van der Waals surface area contributed by atoms with Crippen LogP contribution in [-0.2, 0) is 21.1 Å².